The smallest absolute Gasteiger partial charge is 0.407 e. The van der Waals surface area contributed by atoms with Gasteiger partial charge in [-0.3, -0.25) is 0 Å². The van der Waals surface area contributed by atoms with Gasteiger partial charge in [-0.1, -0.05) is 0 Å². The van der Waals surface area contributed by atoms with Crippen molar-refractivity contribution < 1.29 is 19.0 Å². The van der Waals surface area contributed by atoms with Crippen LogP contribution in [0, 0.1) is 29.6 Å². The van der Waals surface area contributed by atoms with Gasteiger partial charge in [-0.25, -0.2) is 4.79 Å². The summed E-state index contributed by atoms with van der Waals surface area (Å²) in [5, 5.41) is 2.70. The lowest BCUT2D eigenvalue weighted by molar-refractivity contribution is 0.0511. The number of hydrogen-bond donors (Lipinski definition) is 2. The normalized spacial score (nSPS) is 25.3. The van der Waals surface area contributed by atoms with Crippen LogP contribution in [-0.4, -0.2) is 52.2 Å². The molecule has 1 amide bonds. The molecule has 1 unspecified atom stereocenters. The molecule has 0 aromatic carbocycles. The lowest BCUT2D eigenvalue weighted by Gasteiger charge is -2.08. The summed E-state index contributed by atoms with van der Waals surface area (Å²) in [5.74, 6) is 8.31. The number of alkyl carbamates (subject to hydrolysis) is 1. The molecule has 3 N–H and O–H groups in total. The third kappa shape index (κ3) is 6.78. The SMILES string of the molecule is NCCOCCOCCNC(=O)OC[C@@H]1C2CCC#CCC[C@@H]21. The number of carbonyl (C=O) groups is 1. The number of hydrogen-bond acceptors (Lipinski definition) is 5. The molecule has 0 saturated heterocycles. The molecule has 6 nitrogen and oxygen atoms in total. The van der Waals surface area contributed by atoms with Gasteiger partial charge in [0.05, 0.1) is 33.0 Å². The predicted octanol–water partition coefficient (Wildman–Crippen LogP) is 1.14. The van der Waals surface area contributed by atoms with Crippen LogP contribution >= 0.6 is 0 Å². The molecule has 2 aliphatic carbocycles. The van der Waals surface area contributed by atoms with Crippen LogP contribution in [0.15, 0.2) is 0 Å². The van der Waals surface area contributed by atoms with E-state index in [1.165, 1.54) is 0 Å². The number of fused-ring (bicyclic) bond motifs is 1. The largest absolute Gasteiger partial charge is 0.449 e. The first-order valence-electron chi connectivity index (χ1n) is 8.55. The van der Waals surface area contributed by atoms with E-state index in [0.717, 1.165) is 25.7 Å². The molecule has 0 heterocycles. The zero-order valence-corrected chi connectivity index (χ0v) is 13.7. The average molecular weight is 324 g/mol. The van der Waals surface area contributed by atoms with Crippen molar-refractivity contribution in [2.75, 3.05) is 46.1 Å². The molecule has 0 aromatic rings. The highest BCUT2D eigenvalue weighted by Crippen LogP contribution is 2.52. The van der Waals surface area contributed by atoms with Crippen molar-refractivity contribution in [3.63, 3.8) is 0 Å². The first-order valence-corrected chi connectivity index (χ1v) is 8.55. The predicted molar refractivity (Wildman–Crippen MR) is 86.8 cm³/mol. The van der Waals surface area contributed by atoms with E-state index in [-0.39, 0.29) is 6.09 Å². The molecule has 0 radical (unpaired) electrons. The molecule has 0 spiro atoms. The quantitative estimate of drug-likeness (QED) is 0.465. The zero-order chi connectivity index (χ0) is 16.3. The van der Waals surface area contributed by atoms with E-state index in [1.807, 2.05) is 0 Å². The Hall–Kier alpha value is -1.29. The molecule has 2 rings (SSSR count). The lowest BCUT2D eigenvalue weighted by Crippen LogP contribution is -2.29. The minimum Gasteiger partial charge on any atom is -0.449 e. The molecule has 2 aliphatic rings. The second-order valence-corrected chi connectivity index (χ2v) is 5.96. The maximum Gasteiger partial charge on any atom is 0.407 e. The van der Waals surface area contributed by atoms with Gasteiger partial charge in [0, 0.05) is 25.9 Å². The first kappa shape index (κ1) is 18.1. The van der Waals surface area contributed by atoms with Gasteiger partial charge < -0.3 is 25.3 Å². The second kappa shape index (κ2) is 10.5. The fourth-order valence-corrected chi connectivity index (χ4v) is 3.14. The molecular weight excluding hydrogens is 296 g/mol. The van der Waals surface area contributed by atoms with Crippen molar-refractivity contribution in [1.82, 2.24) is 5.32 Å². The molecule has 23 heavy (non-hydrogen) atoms. The van der Waals surface area contributed by atoms with Crippen molar-refractivity contribution >= 4 is 6.09 Å². The van der Waals surface area contributed by atoms with Gasteiger partial charge in [-0.05, 0) is 30.6 Å². The van der Waals surface area contributed by atoms with Crippen molar-refractivity contribution in [3.05, 3.63) is 0 Å². The summed E-state index contributed by atoms with van der Waals surface area (Å²) >= 11 is 0. The van der Waals surface area contributed by atoms with Gasteiger partial charge in [0.25, 0.3) is 0 Å². The third-order valence-electron chi connectivity index (χ3n) is 4.40. The highest BCUT2D eigenvalue weighted by Gasteiger charge is 2.49. The number of nitrogens with two attached hydrogens (primary N) is 1. The molecule has 0 aromatic heterocycles. The highest BCUT2D eigenvalue weighted by molar-refractivity contribution is 5.67. The van der Waals surface area contributed by atoms with Crippen molar-refractivity contribution in [2.24, 2.45) is 23.5 Å². The molecule has 1 fully saturated rings. The Morgan fingerprint density at radius 1 is 1.04 bits per heavy atom. The number of ether oxygens (including phenoxy) is 3. The van der Waals surface area contributed by atoms with Crippen LogP contribution in [0.2, 0.25) is 0 Å². The third-order valence-corrected chi connectivity index (χ3v) is 4.40. The van der Waals surface area contributed by atoms with Crippen LogP contribution in [0.4, 0.5) is 4.79 Å². The van der Waals surface area contributed by atoms with Gasteiger partial charge in [0.2, 0.25) is 0 Å². The van der Waals surface area contributed by atoms with Crippen molar-refractivity contribution in [1.29, 1.82) is 0 Å². The van der Waals surface area contributed by atoms with Crippen LogP contribution in [-0.2, 0) is 14.2 Å². The molecule has 130 valence electrons. The summed E-state index contributed by atoms with van der Waals surface area (Å²) in [5.41, 5.74) is 5.30. The fraction of sp³-hybridized carbons (Fsp3) is 0.824. The van der Waals surface area contributed by atoms with E-state index in [1.54, 1.807) is 0 Å². The molecule has 0 bridgehead atoms. The Bertz CT molecular complexity index is 401. The fourth-order valence-electron chi connectivity index (χ4n) is 3.14. The molecule has 1 saturated carbocycles. The molecule has 6 heteroatoms. The minimum atomic E-state index is -0.358. The summed E-state index contributed by atoms with van der Waals surface area (Å²) in [4.78, 5) is 11.6. The summed E-state index contributed by atoms with van der Waals surface area (Å²) in [6, 6.07) is 0. The monoisotopic (exact) mass is 324 g/mol. The molecular formula is C17H28N2O4. The van der Waals surface area contributed by atoms with Crippen LogP contribution in [0.25, 0.3) is 0 Å². The zero-order valence-electron chi connectivity index (χ0n) is 13.7. The van der Waals surface area contributed by atoms with Crippen LogP contribution in [0.5, 0.6) is 0 Å². The Morgan fingerprint density at radius 2 is 1.70 bits per heavy atom. The van der Waals surface area contributed by atoms with Crippen LogP contribution < -0.4 is 11.1 Å². The minimum absolute atomic E-state index is 0.358. The van der Waals surface area contributed by atoms with E-state index in [2.05, 4.69) is 17.2 Å². The van der Waals surface area contributed by atoms with E-state index in [9.17, 15) is 4.79 Å². The van der Waals surface area contributed by atoms with Crippen molar-refractivity contribution in [3.8, 4) is 11.8 Å². The second-order valence-electron chi connectivity index (χ2n) is 5.96. The Balaban J connectivity index is 1.44. The maximum atomic E-state index is 11.6. The average Bonchev–Trinajstić information content (AvgIpc) is 3.17. The number of carbonyl (C=O) groups excluding carboxylic acids is 1. The van der Waals surface area contributed by atoms with Crippen LogP contribution in [0.1, 0.15) is 25.7 Å². The summed E-state index contributed by atoms with van der Waals surface area (Å²) in [6.07, 6.45) is 3.90. The first-order chi connectivity index (χ1) is 11.3. The topological polar surface area (TPSA) is 82.8 Å². The van der Waals surface area contributed by atoms with Gasteiger partial charge in [0.15, 0.2) is 0 Å². The van der Waals surface area contributed by atoms with E-state index < -0.39 is 0 Å². The number of nitrogens with one attached hydrogen (secondary N) is 1. The van der Waals surface area contributed by atoms with E-state index in [0.29, 0.717) is 63.9 Å². The highest BCUT2D eigenvalue weighted by atomic mass is 16.6. The van der Waals surface area contributed by atoms with Gasteiger partial charge in [-0.15, -0.1) is 11.8 Å². The van der Waals surface area contributed by atoms with E-state index >= 15 is 0 Å². The summed E-state index contributed by atoms with van der Waals surface area (Å²) in [6.45, 7) is 3.51. The standard InChI is InChI=1S/C17H28N2O4/c18-7-9-21-11-12-22-10-8-19-17(20)23-13-16-14-5-3-1-2-4-6-15(14)16/h14-16H,3-13,18H2,(H,19,20)/t14-,15?,16-/m0/s1. The van der Waals surface area contributed by atoms with Gasteiger partial charge >= 0.3 is 6.09 Å². The van der Waals surface area contributed by atoms with Gasteiger partial charge in [0.1, 0.15) is 0 Å². The summed E-state index contributed by atoms with van der Waals surface area (Å²) in [7, 11) is 0. The Labute approximate surface area is 138 Å². The summed E-state index contributed by atoms with van der Waals surface area (Å²) < 4.78 is 15.8. The maximum absolute atomic E-state index is 11.6. The lowest BCUT2D eigenvalue weighted by atomic mass is 10.1. The van der Waals surface area contributed by atoms with E-state index in [4.69, 9.17) is 19.9 Å². The molecule has 0 aliphatic heterocycles. The van der Waals surface area contributed by atoms with Crippen LogP contribution in [0.3, 0.4) is 0 Å². The number of rotatable bonds is 10. The Kier molecular flexibility index (Phi) is 8.23. The van der Waals surface area contributed by atoms with Crippen molar-refractivity contribution in [2.45, 2.75) is 25.7 Å². The molecule has 3 atom stereocenters. The van der Waals surface area contributed by atoms with Gasteiger partial charge in [-0.2, -0.15) is 0 Å². The number of amides is 1. The Morgan fingerprint density at radius 3 is 2.35 bits per heavy atom.